The maximum Gasteiger partial charge on any atom is 0.123 e. The van der Waals surface area contributed by atoms with Gasteiger partial charge in [-0.15, -0.1) is 11.3 Å². The summed E-state index contributed by atoms with van der Waals surface area (Å²) >= 11 is 1.57. The van der Waals surface area contributed by atoms with Crippen molar-refractivity contribution in [3.05, 3.63) is 41.2 Å². The van der Waals surface area contributed by atoms with E-state index in [0.29, 0.717) is 6.04 Å². The minimum absolute atomic E-state index is 0.165. The minimum Gasteiger partial charge on any atom is -0.393 e. The average Bonchev–Trinajstić information content (AvgIpc) is 2.95. The van der Waals surface area contributed by atoms with Crippen LogP contribution in [0.2, 0.25) is 0 Å². The third-order valence-electron chi connectivity index (χ3n) is 3.86. The van der Waals surface area contributed by atoms with Crippen LogP contribution >= 0.6 is 11.3 Å². The summed E-state index contributed by atoms with van der Waals surface area (Å²) < 4.78 is 12.9. The van der Waals surface area contributed by atoms with Crippen LogP contribution in [0.1, 0.15) is 31.4 Å². The number of rotatable bonds is 4. The number of aromatic nitrogens is 1. The first-order valence-electron chi connectivity index (χ1n) is 7.32. The zero-order chi connectivity index (χ0) is 14.7. The summed E-state index contributed by atoms with van der Waals surface area (Å²) in [6.45, 7) is 0.717. The molecule has 2 atom stereocenters. The van der Waals surface area contributed by atoms with Crippen molar-refractivity contribution in [2.24, 2.45) is 0 Å². The number of hydrogen-bond donors (Lipinski definition) is 2. The topological polar surface area (TPSA) is 45.1 Å². The first-order valence-corrected chi connectivity index (χ1v) is 8.20. The third-order valence-corrected chi connectivity index (χ3v) is 4.80. The Labute approximate surface area is 127 Å². The van der Waals surface area contributed by atoms with E-state index in [9.17, 15) is 9.50 Å². The molecule has 3 nitrogen and oxygen atoms in total. The summed E-state index contributed by atoms with van der Waals surface area (Å²) in [5, 5.41) is 16.1. The molecule has 0 bridgehead atoms. The lowest BCUT2D eigenvalue weighted by Crippen LogP contribution is -2.35. The van der Waals surface area contributed by atoms with Crippen molar-refractivity contribution in [3.63, 3.8) is 0 Å². The van der Waals surface area contributed by atoms with Gasteiger partial charge in [-0.3, -0.25) is 0 Å². The second-order valence-corrected chi connectivity index (χ2v) is 6.41. The number of nitrogens with one attached hydrogen (secondary N) is 1. The average molecular weight is 306 g/mol. The quantitative estimate of drug-likeness (QED) is 0.910. The molecule has 0 amide bonds. The molecule has 0 spiro atoms. The fraction of sp³-hybridized carbons (Fsp3) is 0.438. The Hall–Kier alpha value is -1.30. The molecule has 1 aromatic carbocycles. The number of thiazole rings is 1. The zero-order valence-corrected chi connectivity index (χ0v) is 12.6. The summed E-state index contributed by atoms with van der Waals surface area (Å²) in [7, 11) is 0. The second-order valence-electron chi connectivity index (χ2n) is 5.55. The Morgan fingerprint density at radius 2 is 2.10 bits per heavy atom. The van der Waals surface area contributed by atoms with Gasteiger partial charge in [0, 0.05) is 23.5 Å². The van der Waals surface area contributed by atoms with Crippen molar-refractivity contribution < 1.29 is 9.50 Å². The molecule has 1 aliphatic carbocycles. The highest BCUT2D eigenvalue weighted by molar-refractivity contribution is 7.13. The summed E-state index contributed by atoms with van der Waals surface area (Å²) in [6, 6.07) is 6.80. The molecular weight excluding hydrogens is 287 g/mol. The van der Waals surface area contributed by atoms with Gasteiger partial charge in [-0.25, -0.2) is 9.37 Å². The number of nitrogens with zero attached hydrogens (tertiary/aromatic N) is 1. The molecule has 1 heterocycles. The first kappa shape index (κ1) is 14.6. The van der Waals surface area contributed by atoms with Crippen molar-refractivity contribution in [1.29, 1.82) is 0 Å². The van der Waals surface area contributed by atoms with Gasteiger partial charge >= 0.3 is 0 Å². The van der Waals surface area contributed by atoms with Crippen molar-refractivity contribution in [2.75, 3.05) is 0 Å². The van der Waals surface area contributed by atoms with Gasteiger partial charge in [0.2, 0.25) is 0 Å². The Morgan fingerprint density at radius 1 is 1.29 bits per heavy atom. The normalized spacial score (nSPS) is 22.4. The Kier molecular flexibility index (Phi) is 4.63. The molecule has 1 aliphatic rings. The van der Waals surface area contributed by atoms with E-state index in [2.05, 4.69) is 10.3 Å². The van der Waals surface area contributed by atoms with Crippen LogP contribution in [-0.2, 0) is 6.54 Å². The van der Waals surface area contributed by atoms with Gasteiger partial charge in [0.15, 0.2) is 0 Å². The molecule has 1 aromatic heterocycles. The van der Waals surface area contributed by atoms with Crippen LogP contribution in [0.4, 0.5) is 4.39 Å². The molecule has 5 heteroatoms. The molecule has 2 aromatic rings. The van der Waals surface area contributed by atoms with Crippen molar-refractivity contribution in [1.82, 2.24) is 10.3 Å². The number of halogens is 1. The van der Waals surface area contributed by atoms with Gasteiger partial charge in [0.1, 0.15) is 10.8 Å². The molecule has 0 radical (unpaired) electrons. The molecule has 1 fully saturated rings. The summed E-state index contributed by atoms with van der Waals surface area (Å²) in [5.74, 6) is -0.229. The predicted molar refractivity (Wildman–Crippen MR) is 82.6 cm³/mol. The van der Waals surface area contributed by atoms with E-state index < -0.39 is 0 Å². The highest BCUT2D eigenvalue weighted by Crippen LogP contribution is 2.24. The summed E-state index contributed by atoms with van der Waals surface area (Å²) in [6.07, 6.45) is 3.78. The maximum atomic E-state index is 12.9. The zero-order valence-electron chi connectivity index (χ0n) is 11.8. The lowest BCUT2D eigenvalue weighted by molar-refractivity contribution is 0.111. The molecule has 1 saturated carbocycles. The predicted octanol–water partition coefficient (Wildman–Crippen LogP) is 3.34. The number of hydrogen-bond acceptors (Lipinski definition) is 4. The van der Waals surface area contributed by atoms with E-state index in [1.54, 1.807) is 23.5 Å². The highest BCUT2D eigenvalue weighted by Gasteiger charge is 2.19. The first-order chi connectivity index (χ1) is 10.2. The van der Waals surface area contributed by atoms with Gasteiger partial charge in [0.05, 0.1) is 11.8 Å². The van der Waals surface area contributed by atoms with E-state index >= 15 is 0 Å². The molecule has 2 N–H and O–H groups in total. The highest BCUT2D eigenvalue weighted by atomic mass is 32.1. The standard InChI is InChI=1S/C16H19FN2OS/c17-12-6-4-11(5-7-12)16-19-14(10-21-16)9-18-13-2-1-3-15(20)8-13/h4-7,10,13,15,18,20H,1-3,8-9H2. The molecule has 0 aliphatic heterocycles. The molecule has 2 unspecified atom stereocenters. The van der Waals surface area contributed by atoms with Crippen LogP contribution in [-0.4, -0.2) is 22.2 Å². The Balaban J connectivity index is 1.59. The SMILES string of the molecule is OC1CCCC(NCc2csc(-c3ccc(F)cc3)n2)C1. The van der Waals surface area contributed by atoms with E-state index in [4.69, 9.17) is 0 Å². The molecule has 3 rings (SSSR count). The van der Waals surface area contributed by atoms with Crippen LogP contribution in [0.15, 0.2) is 29.6 Å². The molecular formula is C16H19FN2OS. The number of benzene rings is 1. The summed E-state index contributed by atoms with van der Waals surface area (Å²) in [4.78, 5) is 4.58. The van der Waals surface area contributed by atoms with E-state index in [0.717, 1.165) is 48.5 Å². The van der Waals surface area contributed by atoms with E-state index in [1.165, 1.54) is 12.1 Å². The number of aliphatic hydroxyl groups is 1. The van der Waals surface area contributed by atoms with Gasteiger partial charge in [-0.2, -0.15) is 0 Å². The van der Waals surface area contributed by atoms with Gasteiger partial charge in [-0.1, -0.05) is 0 Å². The van der Waals surface area contributed by atoms with E-state index in [1.807, 2.05) is 5.38 Å². The monoisotopic (exact) mass is 306 g/mol. The van der Waals surface area contributed by atoms with Gasteiger partial charge < -0.3 is 10.4 Å². The van der Waals surface area contributed by atoms with Crippen molar-refractivity contribution in [3.8, 4) is 10.6 Å². The second kappa shape index (κ2) is 6.64. The van der Waals surface area contributed by atoms with Crippen LogP contribution in [0.3, 0.4) is 0 Å². The van der Waals surface area contributed by atoms with Crippen LogP contribution in [0.5, 0.6) is 0 Å². The summed E-state index contributed by atoms with van der Waals surface area (Å²) in [5.41, 5.74) is 1.94. The van der Waals surface area contributed by atoms with Gasteiger partial charge in [0.25, 0.3) is 0 Å². The molecule has 21 heavy (non-hydrogen) atoms. The lowest BCUT2D eigenvalue weighted by Gasteiger charge is -2.26. The van der Waals surface area contributed by atoms with Crippen LogP contribution in [0, 0.1) is 5.82 Å². The van der Waals surface area contributed by atoms with E-state index in [-0.39, 0.29) is 11.9 Å². The fourth-order valence-corrected chi connectivity index (χ4v) is 3.54. The smallest absolute Gasteiger partial charge is 0.123 e. The van der Waals surface area contributed by atoms with Crippen molar-refractivity contribution >= 4 is 11.3 Å². The Bertz CT molecular complexity index is 584. The lowest BCUT2D eigenvalue weighted by atomic mass is 9.93. The number of aliphatic hydroxyl groups excluding tert-OH is 1. The van der Waals surface area contributed by atoms with Crippen LogP contribution < -0.4 is 5.32 Å². The minimum atomic E-state index is -0.229. The largest absolute Gasteiger partial charge is 0.393 e. The van der Waals surface area contributed by atoms with Crippen molar-refractivity contribution in [2.45, 2.75) is 44.4 Å². The van der Waals surface area contributed by atoms with Gasteiger partial charge in [-0.05, 0) is 49.9 Å². The molecule has 112 valence electrons. The maximum absolute atomic E-state index is 12.9. The fourth-order valence-electron chi connectivity index (χ4n) is 2.71. The van der Waals surface area contributed by atoms with Crippen LogP contribution in [0.25, 0.3) is 10.6 Å². The molecule has 0 saturated heterocycles. The third kappa shape index (κ3) is 3.87. The Morgan fingerprint density at radius 3 is 2.86 bits per heavy atom.